The van der Waals surface area contributed by atoms with Crippen molar-refractivity contribution in [2.24, 2.45) is 5.92 Å². The lowest BCUT2D eigenvalue weighted by molar-refractivity contribution is -0.132. The molecule has 0 spiro atoms. The number of amides is 2. The molecule has 2 N–H and O–H groups in total. The Morgan fingerprint density at radius 2 is 1.65 bits per heavy atom. The highest BCUT2D eigenvalue weighted by atomic mass is 32.1. The van der Waals surface area contributed by atoms with Gasteiger partial charge in [0, 0.05) is 49.5 Å². The molecule has 2 amide bonds. The number of ether oxygens (including phenoxy) is 2. The summed E-state index contributed by atoms with van der Waals surface area (Å²) in [5.74, 6) is 1.48. The summed E-state index contributed by atoms with van der Waals surface area (Å²) in [5, 5.41) is 5.96. The van der Waals surface area contributed by atoms with Crippen molar-refractivity contribution in [1.29, 1.82) is 0 Å². The molecule has 0 aliphatic carbocycles. The van der Waals surface area contributed by atoms with Crippen LogP contribution >= 0.6 is 12.2 Å². The van der Waals surface area contributed by atoms with Crippen molar-refractivity contribution >= 4 is 40.5 Å². The van der Waals surface area contributed by atoms with Gasteiger partial charge in [0.15, 0.2) is 16.6 Å². The van der Waals surface area contributed by atoms with Gasteiger partial charge in [-0.3, -0.25) is 14.9 Å². The SMILES string of the molecule is CC(C)CC(=O)N1CCN(c2ccc(NC(=S)NC(=O)c3ccc4c(c3)OCCO4)cc2)CC1. The monoisotopic (exact) mass is 482 g/mol. The largest absolute Gasteiger partial charge is 0.486 e. The highest BCUT2D eigenvalue weighted by Crippen LogP contribution is 2.30. The average Bonchev–Trinajstić information content (AvgIpc) is 2.84. The molecule has 2 heterocycles. The fourth-order valence-electron chi connectivity index (χ4n) is 3.97. The number of nitrogens with one attached hydrogen (secondary N) is 2. The number of carbonyl (C=O) groups is 2. The third kappa shape index (κ3) is 5.96. The fourth-order valence-corrected chi connectivity index (χ4v) is 4.18. The second-order valence-electron chi connectivity index (χ2n) is 8.78. The smallest absolute Gasteiger partial charge is 0.257 e. The second kappa shape index (κ2) is 10.7. The Bertz CT molecular complexity index is 1050. The van der Waals surface area contributed by atoms with Crippen LogP contribution in [0.5, 0.6) is 11.5 Å². The Hall–Kier alpha value is -3.33. The van der Waals surface area contributed by atoms with Gasteiger partial charge >= 0.3 is 0 Å². The molecule has 8 nitrogen and oxygen atoms in total. The van der Waals surface area contributed by atoms with E-state index in [-0.39, 0.29) is 16.9 Å². The maximum Gasteiger partial charge on any atom is 0.257 e. The molecule has 9 heteroatoms. The molecule has 0 unspecified atom stereocenters. The van der Waals surface area contributed by atoms with Crippen molar-refractivity contribution in [2.75, 3.05) is 49.6 Å². The van der Waals surface area contributed by atoms with Crippen LogP contribution in [-0.4, -0.2) is 61.2 Å². The molecule has 4 rings (SSSR count). The van der Waals surface area contributed by atoms with Gasteiger partial charge in [0.05, 0.1) is 0 Å². The van der Waals surface area contributed by atoms with E-state index in [1.165, 1.54) is 0 Å². The second-order valence-corrected chi connectivity index (χ2v) is 9.19. The van der Waals surface area contributed by atoms with Gasteiger partial charge in [0.1, 0.15) is 13.2 Å². The number of fused-ring (bicyclic) bond motifs is 1. The number of piperazine rings is 1. The maximum absolute atomic E-state index is 12.6. The average molecular weight is 483 g/mol. The molecular formula is C25H30N4O4S. The van der Waals surface area contributed by atoms with E-state index in [1.54, 1.807) is 18.2 Å². The zero-order chi connectivity index (χ0) is 24.1. The molecule has 1 saturated heterocycles. The van der Waals surface area contributed by atoms with Gasteiger partial charge in [0.25, 0.3) is 5.91 Å². The molecule has 34 heavy (non-hydrogen) atoms. The number of hydrogen-bond acceptors (Lipinski definition) is 6. The number of thiocarbonyl (C=S) groups is 1. The van der Waals surface area contributed by atoms with Crippen molar-refractivity contribution in [3.8, 4) is 11.5 Å². The van der Waals surface area contributed by atoms with Gasteiger partial charge in [-0.1, -0.05) is 13.8 Å². The summed E-state index contributed by atoms with van der Waals surface area (Å²) >= 11 is 5.31. The van der Waals surface area contributed by atoms with E-state index in [2.05, 4.69) is 29.4 Å². The molecule has 2 aromatic rings. The third-order valence-electron chi connectivity index (χ3n) is 5.74. The molecule has 1 fully saturated rings. The van der Waals surface area contributed by atoms with Crippen LogP contribution in [0.25, 0.3) is 0 Å². The predicted molar refractivity (Wildman–Crippen MR) is 136 cm³/mol. The van der Waals surface area contributed by atoms with Gasteiger partial charge in [-0.05, 0) is 60.6 Å². The first-order chi connectivity index (χ1) is 16.4. The number of benzene rings is 2. The predicted octanol–water partition coefficient (Wildman–Crippen LogP) is 3.28. The van der Waals surface area contributed by atoms with Gasteiger partial charge < -0.3 is 24.6 Å². The Kier molecular flexibility index (Phi) is 7.52. The lowest BCUT2D eigenvalue weighted by Crippen LogP contribution is -2.49. The van der Waals surface area contributed by atoms with Crippen molar-refractivity contribution in [1.82, 2.24) is 10.2 Å². The van der Waals surface area contributed by atoms with E-state index in [9.17, 15) is 9.59 Å². The highest BCUT2D eigenvalue weighted by molar-refractivity contribution is 7.80. The number of rotatable bonds is 5. The first kappa shape index (κ1) is 23.8. The summed E-state index contributed by atoms with van der Waals surface area (Å²) in [5.41, 5.74) is 2.31. The van der Waals surface area contributed by atoms with E-state index < -0.39 is 0 Å². The molecule has 0 bridgehead atoms. The number of nitrogens with zero attached hydrogens (tertiary/aromatic N) is 2. The van der Waals surface area contributed by atoms with E-state index in [1.807, 2.05) is 29.2 Å². The minimum absolute atomic E-state index is 0.213. The summed E-state index contributed by atoms with van der Waals surface area (Å²) in [4.78, 5) is 29.1. The number of anilines is 2. The molecule has 0 aromatic heterocycles. The van der Waals surface area contributed by atoms with Crippen LogP contribution in [0.2, 0.25) is 0 Å². The standard InChI is InChI=1S/C25H30N4O4S/c1-17(2)15-23(30)29-11-9-28(10-12-29)20-6-4-19(5-7-20)26-25(34)27-24(31)18-3-8-21-22(16-18)33-14-13-32-21/h3-8,16-17H,9-15H2,1-2H3,(H2,26,27,31,34). The van der Waals surface area contributed by atoms with Crippen LogP contribution in [0.4, 0.5) is 11.4 Å². The summed E-state index contributed by atoms with van der Waals surface area (Å²) in [6, 6.07) is 12.9. The normalized spacial score (nSPS) is 15.1. The van der Waals surface area contributed by atoms with Crippen LogP contribution < -0.4 is 25.0 Å². The van der Waals surface area contributed by atoms with E-state index >= 15 is 0 Å². The van der Waals surface area contributed by atoms with Gasteiger partial charge in [-0.15, -0.1) is 0 Å². The Labute approximate surface area is 205 Å². The van der Waals surface area contributed by atoms with Crippen molar-refractivity contribution in [2.45, 2.75) is 20.3 Å². The van der Waals surface area contributed by atoms with Crippen LogP contribution in [0.15, 0.2) is 42.5 Å². The Balaban J connectivity index is 1.27. The van der Waals surface area contributed by atoms with Crippen molar-refractivity contribution in [3.05, 3.63) is 48.0 Å². The lowest BCUT2D eigenvalue weighted by atomic mass is 10.1. The zero-order valence-electron chi connectivity index (χ0n) is 19.5. The van der Waals surface area contributed by atoms with Gasteiger partial charge in [0.2, 0.25) is 5.91 Å². The van der Waals surface area contributed by atoms with Crippen LogP contribution in [-0.2, 0) is 4.79 Å². The summed E-state index contributed by atoms with van der Waals surface area (Å²) in [7, 11) is 0. The summed E-state index contributed by atoms with van der Waals surface area (Å²) in [6.45, 7) is 8.18. The first-order valence-electron chi connectivity index (χ1n) is 11.5. The molecule has 0 radical (unpaired) electrons. The van der Waals surface area contributed by atoms with E-state index in [4.69, 9.17) is 21.7 Å². The molecule has 2 aromatic carbocycles. The molecule has 180 valence electrons. The van der Waals surface area contributed by atoms with Crippen LogP contribution in [0, 0.1) is 5.92 Å². The van der Waals surface area contributed by atoms with Gasteiger partial charge in [-0.25, -0.2) is 0 Å². The van der Waals surface area contributed by atoms with Crippen LogP contribution in [0.1, 0.15) is 30.6 Å². The molecule has 0 atom stereocenters. The first-order valence-corrected chi connectivity index (χ1v) is 11.9. The zero-order valence-corrected chi connectivity index (χ0v) is 20.3. The number of carbonyl (C=O) groups excluding carboxylic acids is 2. The highest BCUT2D eigenvalue weighted by Gasteiger charge is 2.22. The van der Waals surface area contributed by atoms with E-state index in [0.29, 0.717) is 42.6 Å². The number of hydrogen-bond donors (Lipinski definition) is 2. The quantitative estimate of drug-likeness (QED) is 0.633. The fraction of sp³-hybridized carbons (Fsp3) is 0.400. The van der Waals surface area contributed by atoms with Crippen LogP contribution in [0.3, 0.4) is 0 Å². The topological polar surface area (TPSA) is 83.1 Å². The van der Waals surface area contributed by atoms with E-state index in [0.717, 1.165) is 37.6 Å². The molecule has 2 aliphatic heterocycles. The van der Waals surface area contributed by atoms with Crippen molar-refractivity contribution in [3.63, 3.8) is 0 Å². The molecule has 2 aliphatic rings. The minimum atomic E-state index is -0.323. The van der Waals surface area contributed by atoms with Crippen molar-refractivity contribution < 1.29 is 19.1 Å². The Morgan fingerprint density at radius 3 is 2.32 bits per heavy atom. The van der Waals surface area contributed by atoms with Gasteiger partial charge in [-0.2, -0.15) is 0 Å². The third-order valence-corrected chi connectivity index (χ3v) is 5.94. The lowest BCUT2D eigenvalue weighted by Gasteiger charge is -2.36. The molecular weight excluding hydrogens is 452 g/mol. The molecule has 0 saturated carbocycles. The summed E-state index contributed by atoms with van der Waals surface area (Å²) < 4.78 is 11.0. The summed E-state index contributed by atoms with van der Waals surface area (Å²) in [6.07, 6.45) is 0.603. The minimum Gasteiger partial charge on any atom is -0.486 e. The maximum atomic E-state index is 12.6. The Morgan fingerprint density at radius 1 is 0.971 bits per heavy atom.